The van der Waals surface area contributed by atoms with Gasteiger partial charge in [-0.2, -0.15) is 0 Å². The average molecular weight is 333 g/mol. The lowest BCUT2D eigenvalue weighted by atomic mass is 9.49. The first-order valence-electron chi connectivity index (χ1n) is 8.82. The zero-order valence-electron chi connectivity index (χ0n) is 14.7. The van der Waals surface area contributed by atoms with Crippen LogP contribution in [0.4, 0.5) is 0 Å². The van der Waals surface area contributed by atoms with E-state index in [9.17, 15) is 10.2 Å². The van der Waals surface area contributed by atoms with Crippen molar-refractivity contribution in [2.45, 2.75) is 55.3 Å². The van der Waals surface area contributed by atoms with E-state index in [4.69, 9.17) is 9.47 Å². The van der Waals surface area contributed by atoms with Crippen LogP contribution in [-0.2, 0) is 11.8 Å². The number of piperidine rings is 1. The van der Waals surface area contributed by atoms with Crippen molar-refractivity contribution in [3.05, 3.63) is 23.3 Å². The third-order valence-corrected chi connectivity index (χ3v) is 6.77. The lowest BCUT2D eigenvalue weighted by Gasteiger charge is -2.64. The molecule has 1 saturated heterocycles. The van der Waals surface area contributed by atoms with E-state index in [1.165, 1.54) is 5.56 Å². The number of hydrogen-bond donors (Lipinski definition) is 2. The van der Waals surface area contributed by atoms with Crippen LogP contribution in [-0.4, -0.2) is 60.7 Å². The van der Waals surface area contributed by atoms with Crippen molar-refractivity contribution < 1.29 is 19.7 Å². The maximum Gasteiger partial charge on any atom is 0.164 e. The molecular weight excluding hydrogens is 306 g/mol. The van der Waals surface area contributed by atoms with Crippen LogP contribution < -0.4 is 9.47 Å². The Labute approximate surface area is 143 Å². The molecule has 2 bridgehead atoms. The van der Waals surface area contributed by atoms with Crippen molar-refractivity contribution in [1.82, 2.24) is 4.90 Å². The monoisotopic (exact) mass is 333 g/mol. The summed E-state index contributed by atoms with van der Waals surface area (Å²) in [6.45, 7) is 0.916. The van der Waals surface area contributed by atoms with Crippen LogP contribution in [0.15, 0.2) is 12.1 Å². The minimum atomic E-state index is -0.828. The predicted molar refractivity (Wildman–Crippen MR) is 90.8 cm³/mol. The van der Waals surface area contributed by atoms with Gasteiger partial charge in [0.25, 0.3) is 0 Å². The molecule has 1 unspecified atom stereocenters. The molecule has 4 atom stereocenters. The summed E-state index contributed by atoms with van der Waals surface area (Å²) >= 11 is 0. The number of fused-ring (bicyclic) bond motifs is 1. The molecule has 1 aromatic carbocycles. The summed E-state index contributed by atoms with van der Waals surface area (Å²) in [4.78, 5) is 2.29. The lowest BCUT2D eigenvalue weighted by molar-refractivity contribution is -0.177. The highest BCUT2D eigenvalue weighted by Gasteiger charge is 2.65. The topological polar surface area (TPSA) is 62.2 Å². The number of aliphatic hydroxyl groups excluding tert-OH is 1. The second-order valence-electron chi connectivity index (χ2n) is 7.69. The largest absolute Gasteiger partial charge is 0.493 e. The first-order valence-corrected chi connectivity index (χ1v) is 8.82. The molecule has 5 nitrogen and oxygen atoms in total. The minimum absolute atomic E-state index is 0.0874. The highest BCUT2D eigenvalue weighted by molar-refractivity contribution is 5.59. The molecule has 1 heterocycles. The van der Waals surface area contributed by atoms with Crippen LogP contribution in [0.25, 0.3) is 0 Å². The maximum atomic E-state index is 11.8. The van der Waals surface area contributed by atoms with E-state index >= 15 is 0 Å². The molecule has 2 aliphatic carbocycles. The van der Waals surface area contributed by atoms with E-state index < -0.39 is 11.0 Å². The van der Waals surface area contributed by atoms with E-state index in [0.717, 1.165) is 30.7 Å². The van der Waals surface area contributed by atoms with Gasteiger partial charge in [0.15, 0.2) is 11.5 Å². The Morgan fingerprint density at radius 1 is 1.21 bits per heavy atom. The zero-order chi connectivity index (χ0) is 17.1. The fourth-order valence-corrected chi connectivity index (χ4v) is 5.64. The molecule has 4 rings (SSSR count). The van der Waals surface area contributed by atoms with Gasteiger partial charge in [-0.05, 0) is 57.3 Å². The number of aliphatic hydroxyl groups is 2. The van der Waals surface area contributed by atoms with E-state index in [0.29, 0.717) is 25.0 Å². The van der Waals surface area contributed by atoms with Crippen LogP contribution in [0.2, 0.25) is 0 Å². The summed E-state index contributed by atoms with van der Waals surface area (Å²) in [5, 5.41) is 22.3. The van der Waals surface area contributed by atoms with E-state index in [1.54, 1.807) is 14.2 Å². The molecule has 5 heteroatoms. The summed E-state index contributed by atoms with van der Waals surface area (Å²) in [6, 6.07) is 4.14. The molecule has 1 aromatic rings. The number of ether oxygens (including phenoxy) is 2. The van der Waals surface area contributed by atoms with E-state index in [-0.39, 0.29) is 12.1 Å². The van der Waals surface area contributed by atoms with Crippen LogP contribution in [0.5, 0.6) is 11.5 Å². The van der Waals surface area contributed by atoms with Gasteiger partial charge < -0.3 is 24.6 Å². The number of methoxy groups -OCH3 is 2. The van der Waals surface area contributed by atoms with Gasteiger partial charge in [0, 0.05) is 17.0 Å². The highest BCUT2D eigenvalue weighted by atomic mass is 16.5. The van der Waals surface area contributed by atoms with Gasteiger partial charge in [-0.15, -0.1) is 0 Å². The highest BCUT2D eigenvalue weighted by Crippen LogP contribution is 2.61. The number of likely N-dealkylation sites (tertiary alicyclic amines) is 1. The van der Waals surface area contributed by atoms with Gasteiger partial charge in [0.1, 0.15) is 0 Å². The molecule has 132 valence electrons. The molecule has 2 fully saturated rings. The Hall–Kier alpha value is -1.30. The van der Waals surface area contributed by atoms with E-state index in [1.807, 2.05) is 6.07 Å². The fourth-order valence-electron chi connectivity index (χ4n) is 5.64. The maximum absolute atomic E-state index is 11.8. The SMILES string of the molecule is COc1ccc2c(c1OC)[C@]13CCN(C)[C@H](C2)[C@]1(O)CCC(O)C3. The first kappa shape index (κ1) is 16.2. The Bertz CT molecular complexity index is 663. The average Bonchev–Trinajstić information content (AvgIpc) is 2.57. The van der Waals surface area contributed by atoms with Gasteiger partial charge in [-0.3, -0.25) is 0 Å². The molecule has 3 aliphatic rings. The van der Waals surface area contributed by atoms with Crippen LogP contribution in [0.1, 0.15) is 36.8 Å². The number of likely N-dealkylation sites (N-methyl/N-ethyl adjacent to an activating group) is 1. The zero-order valence-corrected chi connectivity index (χ0v) is 14.7. The summed E-state index contributed by atoms with van der Waals surface area (Å²) in [5.74, 6) is 1.43. The summed E-state index contributed by atoms with van der Waals surface area (Å²) < 4.78 is 11.3. The third kappa shape index (κ3) is 1.86. The van der Waals surface area contributed by atoms with E-state index in [2.05, 4.69) is 18.0 Å². The Morgan fingerprint density at radius 2 is 2.00 bits per heavy atom. The van der Waals surface area contributed by atoms with Gasteiger partial charge in [0.2, 0.25) is 0 Å². The normalized spacial score (nSPS) is 38.2. The van der Waals surface area contributed by atoms with Gasteiger partial charge in [-0.25, -0.2) is 0 Å². The molecule has 1 saturated carbocycles. The lowest BCUT2D eigenvalue weighted by Crippen LogP contribution is -2.73. The second kappa shape index (κ2) is 5.35. The molecule has 24 heavy (non-hydrogen) atoms. The van der Waals surface area contributed by atoms with Crippen molar-refractivity contribution in [2.24, 2.45) is 0 Å². The molecule has 2 N–H and O–H groups in total. The van der Waals surface area contributed by atoms with Crippen molar-refractivity contribution in [1.29, 1.82) is 0 Å². The number of rotatable bonds is 2. The Morgan fingerprint density at radius 3 is 2.71 bits per heavy atom. The van der Waals surface area contributed by atoms with Crippen LogP contribution >= 0.6 is 0 Å². The van der Waals surface area contributed by atoms with Crippen molar-refractivity contribution in [3.63, 3.8) is 0 Å². The Kier molecular flexibility index (Phi) is 3.61. The van der Waals surface area contributed by atoms with Crippen LogP contribution in [0.3, 0.4) is 0 Å². The Balaban J connectivity index is 2.00. The second-order valence-corrected chi connectivity index (χ2v) is 7.69. The quantitative estimate of drug-likeness (QED) is 0.858. The molecule has 0 amide bonds. The first-order chi connectivity index (χ1) is 11.5. The molecule has 0 radical (unpaired) electrons. The summed E-state index contributed by atoms with van der Waals surface area (Å²) in [5.41, 5.74) is 0.985. The van der Waals surface area contributed by atoms with Gasteiger partial charge in [0.05, 0.1) is 25.9 Å². The molecule has 0 aromatic heterocycles. The van der Waals surface area contributed by atoms with Gasteiger partial charge >= 0.3 is 0 Å². The van der Waals surface area contributed by atoms with Crippen molar-refractivity contribution in [2.75, 3.05) is 27.8 Å². The molecule has 1 aliphatic heterocycles. The van der Waals surface area contributed by atoms with Crippen LogP contribution in [0, 0.1) is 0 Å². The van der Waals surface area contributed by atoms with Crippen molar-refractivity contribution >= 4 is 0 Å². The third-order valence-electron chi connectivity index (χ3n) is 6.77. The minimum Gasteiger partial charge on any atom is -0.493 e. The standard InChI is InChI=1S/C19H27NO4/c1-20-9-8-18-11-13(21)6-7-19(18,22)15(20)10-12-4-5-14(23-2)17(24-3)16(12)18/h4-5,13,15,21-22H,6-11H2,1-3H3/t13?,15-,18-,19-/m1/s1. The fraction of sp³-hybridized carbons (Fsp3) is 0.684. The van der Waals surface area contributed by atoms with Gasteiger partial charge in [-0.1, -0.05) is 6.07 Å². The smallest absolute Gasteiger partial charge is 0.164 e. The number of benzene rings is 1. The number of nitrogens with zero attached hydrogens (tertiary/aromatic N) is 1. The molecule has 0 spiro atoms. The summed E-state index contributed by atoms with van der Waals surface area (Å²) in [6.07, 6.45) is 3.12. The van der Waals surface area contributed by atoms with Crippen molar-refractivity contribution in [3.8, 4) is 11.5 Å². The number of hydrogen-bond acceptors (Lipinski definition) is 5. The molecular formula is C19H27NO4. The predicted octanol–water partition coefficient (Wildman–Crippen LogP) is 1.48. The summed E-state index contributed by atoms with van der Waals surface area (Å²) in [7, 11) is 5.40.